The van der Waals surface area contributed by atoms with Crippen molar-refractivity contribution in [3.63, 3.8) is 0 Å². The zero-order chi connectivity index (χ0) is 12.3. The van der Waals surface area contributed by atoms with Gasteiger partial charge in [0.25, 0.3) is 0 Å². The topological polar surface area (TPSA) is 72.2 Å². The summed E-state index contributed by atoms with van der Waals surface area (Å²) >= 11 is 3.10. The van der Waals surface area contributed by atoms with E-state index in [1.807, 2.05) is 6.07 Å². The third-order valence-electron chi connectivity index (χ3n) is 2.54. The Morgan fingerprint density at radius 3 is 2.94 bits per heavy atom. The van der Waals surface area contributed by atoms with Crippen molar-refractivity contribution >= 4 is 33.1 Å². The van der Waals surface area contributed by atoms with Crippen LogP contribution in [0.3, 0.4) is 0 Å². The molecule has 0 aromatic carbocycles. The minimum Gasteiger partial charge on any atom is -0.330 e. The molecule has 0 amide bonds. The molecular weight excluding hydrogens is 276 g/mol. The maximum atomic E-state index is 12.1. The lowest BCUT2D eigenvalue weighted by Crippen LogP contribution is -2.34. The minimum absolute atomic E-state index is 0.0880. The Hall–Kier alpha value is -0.0800. The van der Waals surface area contributed by atoms with Crippen LogP contribution in [-0.2, 0) is 16.4 Å². The first-order valence-electron chi connectivity index (χ1n) is 5.50. The van der Waals surface area contributed by atoms with E-state index in [1.54, 1.807) is 17.8 Å². The second-order valence-electron chi connectivity index (χ2n) is 3.94. The van der Waals surface area contributed by atoms with Crippen LogP contribution < -0.4 is 10.5 Å². The highest BCUT2D eigenvalue weighted by Gasteiger charge is 2.24. The van der Waals surface area contributed by atoms with Gasteiger partial charge in [-0.15, -0.1) is 11.3 Å². The predicted octanol–water partition coefficient (Wildman–Crippen LogP) is 1.03. The molecule has 0 saturated carbocycles. The molecule has 1 aliphatic rings. The molecule has 1 fully saturated rings. The van der Waals surface area contributed by atoms with Crippen LogP contribution in [0.2, 0.25) is 0 Å². The van der Waals surface area contributed by atoms with Crippen molar-refractivity contribution < 1.29 is 8.42 Å². The van der Waals surface area contributed by atoms with Crippen molar-refractivity contribution in [1.82, 2.24) is 4.72 Å². The number of rotatable bonds is 5. The molecule has 1 aromatic heterocycles. The van der Waals surface area contributed by atoms with Crippen molar-refractivity contribution in [3.8, 4) is 0 Å². The largest absolute Gasteiger partial charge is 0.330 e. The first-order valence-corrected chi connectivity index (χ1v) is 8.96. The maximum absolute atomic E-state index is 12.1. The number of nitrogens with one attached hydrogen (secondary N) is 1. The Balaban J connectivity index is 2.07. The molecule has 0 spiro atoms. The Bertz CT molecular complexity index is 464. The van der Waals surface area contributed by atoms with E-state index >= 15 is 0 Å². The standard InChI is InChI=1S/C10H16N2O2S3/c11-5-3-9-1-2-10(16-9)17(13,14)12-8-4-6-15-7-8/h1-2,8,12H,3-7,11H2. The number of sulfonamides is 1. The summed E-state index contributed by atoms with van der Waals surface area (Å²) in [6.07, 6.45) is 1.66. The highest BCUT2D eigenvalue weighted by molar-refractivity contribution is 7.99. The Kier molecular flexibility index (Phi) is 4.48. The van der Waals surface area contributed by atoms with Gasteiger partial charge in [0.05, 0.1) is 0 Å². The molecule has 96 valence electrons. The van der Waals surface area contributed by atoms with Crippen LogP contribution in [0.5, 0.6) is 0 Å². The molecule has 3 N–H and O–H groups in total. The normalized spacial score (nSPS) is 20.9. The smallest absolute Gasteiger partial charge is 0.250 e. The number of nitrogens with two attached hydrogens (primary N) is 1. The van der Waals surface area contributed by atoms with Crippen molar-refractivity contribution in [2.45, 2.75) is 23.1 Å². The molecule has 0 aliphatic carbocycles. The highest BCUT2D eigenvalue weighted by Crippen LogP contribution is 2.24. The maximum Gasteiger partial charge on any atom is 0.250 e. The van der Waals surface area contributed by atoms with Crippen LogP contribution in [0.1, 0.15) is 11.3 Å². The van der Waals surface area contributed by atoms with Gasteiger partial charge < -0.3 is 5.73 Å². The molecule has 1 aromatic rings. The third-order valence-corrected chi connectivity index (χ3v) is 6.86. The molecule has 2 rings (SSSR count). The van der Waals surface area contributed by atoms with Crippen LogP contribution in [0.15, 0.2) is 16.3 Å². The van der Waals surface area contributed by atoms with Crippen LogP contribution in [0, 0.1) is 0 Å². The Labute approximate surface area is 110 Å². The van der Waals surface area contributed by atoms with E-state index in [1.165, 1.54) is 11.3 Å². The molecule has 7 heteroatoms. The SMILES string of the molecule is NCCc1ccc(S(=O)(=O)NC2CCSC2)s1. The van der Waals surface area contributed by atoms with Crippen molar-refractivity contribution in [2.75, 3.05) is 18.1 Å². The average molecular weight is 292 g/mol. The van der Waals surface area contributed by atoms with Gasteiger partial charge >= 0.3 is 0 Å². The van der Waals surface area contributed by atoms with Gasteiger partial charge in [0.2, 0.25) is 10.0 Å². The lowest BCUT2D eigenvalue weighted by molar-refractivity contribution is 0.565. The molecule has 0 bridgehead atoms. The van der Waals surface area contributed by atoms with Gasteiger partial charge in [-0.2, -0.15) is 11.8 Å². The zero-order valence-electron chi connectivity index (χ0n) is 9.39. The molecule has 2 heterocycles. The lowest BCUT2D eigenvalue weighted by atomic mass is 10.3. The van der Waals surface area contributed by atoms with Gasteiger partial charge in [-0.1, -0.05) is 0 Å². The fraction of sp³-hybridized carbons (Fsp3) is 0.600. The Morgan fingerprint density at radius 2 is 2.29 bits per heavy atom. The summed E-state index contributed by atoms with van der Waals surface area (Å²) < 4.78 is 27.3. The summed E-state index contributed by atoms with van der Waals surface area (Å²) in [5.74, 6) is 1.91. The highest BCUT2D eigenvalue weighted by atomic mass is 32.2. The molecule has 17 heavy (non-hydrogen) atoms. The van der Waals surface area contributed by atoms with Crippen molar-refractivity contribution in [3.05, 3.63) is 17.0 Å². The summed E-state index contributed by atoms with van der Waals surface area (Å²) in [6.45, 7) is 0.548. The minimum atomic E-state index is -3.33. The molecule has 1 saturated heterocycles. The molecule has 4 nitrogen and oxygen atoms in total. The summed E-state index contributed by atoms with van der Waals surface area (Å²) in [6, 6.07) is 3.60. The predicted molar refractivity (Wildman–Crippen MR) is 73.1 cm³/mol. The second kappa shape index (κ2) is 5.71. The summed E-state index contributed by atoms with van der Waals surface area (Å²) in [7, 11) is -3.33. The fourth-order valence-electron chi connectivity index (χ4n) is 1.68. The van der Waals surface area contributed by atoms with Gasteiger partial charge in [0.1, 0.15) is 4.21 Å². The zero-order valence-corrected chi connectivity index (χ0v) is 11.8. The molecule has 1 atom stereocenters. The van der Waals surface area contributed by atoms with Gasteiger partial charge in [-0.3, -0.25) is 0 Å². The molecule has 1 unspecified atom stereocenters. The molecule has 0 radical (unpaired) electrons. The lowest BCUT2D eigenvalue weighted by Gasteiger charge is -2.10. The first kappa shape index (κ1) is 13.4. The van der Waals surface area contributed by atoms with E-state index in [0.717, 1.165) is 29.2 Å². The summed E-state index contributed by atoms with van der Waals surface area (Å²) in [5, 5.41) is 0. The van der Waals surface area contributed by atoms with E-state index in [9.17, 15) is 8.42 Å². The Morgan fingerprint density at radius 1 is 1.47 bits per heavy atom. The van der Waals surface area contributed by atoms with Gasteiger partial charge in [-0.25, -0.2) is 13.1 Å². The van der Waals surface area contributed by atoms with Gasteiger partial charge in [0, 0.05) is 16.7 Å². The number of hydrogen-bond donors (Lipinski definition) is 2. The van der Waals surface area contributed by atoms with Crippen LogP contribution >= 0.6 is 23.1 Å². The van der Waals surface area contributed by atoms with Gasteiger partial charge in [-0.05, 0) is 37.3 Å². The first-order chi connectivity index (χ1) is 8.12. The van der Waals surface area contributed by atoms with E-state index < -0.39 is 10.0 Å². The molecule has 1 aliphatic heterocycles. The number of thioether (sulfide) groups is 1. The van der Waals surface area contributed by atoms with Crippen molar-refractivity contribution in [1.29, 1.82) is 0 Å². The van der Waals surface area contributed by atoms with E-state index in [2.05, 4.69) is 4.72 Å². The van der Waals surface area contributed by atoms with Crippen molar-refractivity contribution in [2.24, 2.45) is 5.73 Å². The monoisotopic (exact) mass is 292 g/mol. The summed E-state index contributed by atoms with van der Waals surface area (Å²) in [5.41, 5.74) is 5.45. The summed E-state index contributed by atoms with van der Waals surface area (Å²) in [4.78, 5) is 1.02. The van der Waals surface area contributed by atoms with E-state index in [-0.39, 0.29) is 6.04 Å². The quantitative estimate of drug-likeness (QED) is 0.850. The van der Waals surface area contributed by atoms with E-state index in [0.29, 0.717) is 10.8 Å². The molecular formula is C10H16N2O2S3. The van der Waals surface area contributed by atoms with Crippen LogP contribution in [0.25, 0.3) is 0 Å². The van der Waals surface area contributed by atoms with E-state index in [4.69, 9.17) is 5.73 Å². The second-order valence-corrected chi connectivity index (χ2v) is 8.20. The average Bonchev–Trinajstić information content (AvgIpc) is 2.88. The van der Waals surface area contributed by atoms with Crippen LogP contribution in [-0.4, -0.2) is 32.5 Å². The number of thiophene rings is 1. The van der Waals surface area contributed by atoms with Crippen LogP contribution in [0.4, 0.5) is 0 Å². The fourth-order valence-corrected chi connectivity index (χ4v) is 5.60. The van der Waals surface area contributed by atoms with Gasteiger partial charge in [0.15, 0.2) is 0 Å². The third kappa shape index (κ3) is 3.45. The number of hydrogen-bond acceptors (Lipinski definition) is 5.